The Kier molecular flexibility index (Phi) is 16.6. The monoisotopic (exact) mass is 788 g/mol. The van der Waals surface area contributed by atoms with Crippen LogP contribution in [-0.4, -0.2) is 194 Å². The van der Waals surface area contributed by atoms with Crippen LogP contribution in [0.3, 0.4) is 0 Å². The normalized spacial score (nSPS) is 20.6. The maximum atomic E-state index is 12.2. The van der Waals surface area contributed by atoms with Gasteiger partial charge in [-0.05, 0) is 0 Å². The van der Waals surface area contributed by atoms with Crippen LogP contribution in [0.4, 0.5) is 0 Å². The van der Waals surface area contributed by atoms with Crippen molar-refractivity contribution in [2.75, 3.05) is 0 Å². The van der Waals surface area contributed by atoms with E-state index in [4.69, 9.17) is 0 Å². The average Bonchev–Trinajstić information content (AvgIpc) is 2.95. The number of aliphatic hydroxyl groups is 12. The van der Waals surface area contributed by atoms with Crippen LogP contribution in [0.15, 0.2) is 0 Å². The molecule has 0 radical (unpaired) electrons. The quantitative estimate of drug-likeness (QED) is 0.0453. The molecule has 40 heavy (non-hydrogen) atoms. The molecule has 0 aliphatic rings. The molecular formula is C18H27BiO21. The molecule has 0 spiro atoms. The number of rotatable bonds is 18. The van der Waals surface area contributed by atoms with Crippen LogP contribution in [0.5, 0.6) is 0 Å². The van der Waals surface area contributed by atoms with Crippen molar-refractivity contribution in [3.05, 3.63) is 0 Å². The van der Waals surface area contributed by atoms with Crippen molar-refractivity contribution < 1.29 is 98.5 Å². The molecular weight excluding hydrogens is 761 g/mol. The predicted molar refractivity (Wildman–Crippen MR) is 114 cm³/mol. The number of carbonyl (C=O) groups excluding carboxylic acids is 6. The molecule has 230 valence electrons. The van der Waals surface area contributed by atoms with E-state index in [9.17, 15) is 90.0 Å². The van der Waals surface area contributed by atoms with E-state index in [-0.39, 0.29) is 18.9 Å². The molecule has 0 bridgehead atoms. The molecule has 0 amide bonds. The summed E-state index contributed by atoms with van der Waals surface area (Å²) in [6.45, 7) is 0. The van der Waals surface area contributed by atoms with Crippen molar-refractivity contribution in [3.8, 4) is 0 Å². The molecule has 21 nitrogen and oxygen atoms in total. The van der Waals surface area contributed by atoms with Gasteiger partial charge in [0.25, 0.3) is 0 Å². The van der Waals surface area contributed by atoms with Gasteiger partial charge in [-0.3, -0.25) is 0 Å². The summed E-state index contributed by atoms with van der Waals surface area (Å²) in [7, 11) is 0. The molecule has 0 heterocycles. The van der Waals surface area contributed by atoms with Gasteiger partial charge in [0.05, 0.1) is 0 Å². The van der Waals surface area contributed by atoms with Gasteiger partial charge >= 0.3 is 232 Å². The van der Waals surface area contributed by atoms with Gasteiger partial charge in [0.1, 0.15) is 0 Å². The van der Waals surface area contributed by atoms with Gasteiger partial charge in [-0.15, -0.1) is 0 Å². The number of aliphatic hydroxyl groups excluding tert-OH is 12. The van der Waals surface area contributed by atoms with Crippen molar-refractivity contribution in [1.82, 2.24) is 0 Å². The number of aldehydes is 3. The zero-order chi connectivity index (χ0) is 31.5. The maximum absolute atomic E-state index is 12.2. The fraction of sp³-hybridized carbons (Fsp3) is 0.667. The van der Waals surface area contributed by atoms with Gasteiger partial charge in [-0.2, -0.15) is 0 Å². The summed E-state index contributed by atoms with van der Waals surface area (Å²) in [6.07, 6.45) is -32.0. The van der Waals surface area contributed by atoms with Gasteiger partial charge in [0.2, 0.25) is 0 Å². The van der Waals surface area contributed by atoms with Crippen molar-refractivity contribution in [3.63, 3.8) is 0 Å². The zero-order valence-corrected chi connectivity index (χ0v) is 23.1. The van der Waals surface area contributed by atoms with Gasteiger partial charge in [0.15, 0.2) is 0 Å². The van der Waals surface area contributed by atoms with E-state index in [1.165, 1.54) is 0 Å². The Morgan fingerprint density at radius 1 is 0.425 bits per heavy atom. The molecule has 0 aliphatic carbocycles. The molecule has 22 heteroatoms. The summed E-state index contributed by atoms with van der Waals surface area (Å²) < 4.78 is 13.3. The first-order valence-electron chi connectivity index (χ1n) is 10.4. The van der Waals surface area contributed by atoms with Gasteiger partial charge in [-0.1, -0.05) is 0 Å². The third kappa shape index (κ3) is 10.7. The SMILES string of the molecule is O=C[C@H](O)[C@@H](O)[C@@H](O)[C@H](O)C(=O)[O][Bi]([O]C(=O)[C@@H](O)[C@H](O)[C@H](O)[C@@H](O)C=O)[O]C(=O)[C@@H](O)[C@H](O)[C@H](O)[C@@H](O)C=O. The second kappa shape index (κ2) is 17.6. The standard InChI is InChI=1S/3C6H10O7.Bi/c3*7-1-2(8)3(9)4(10)5(11)6(12)13;/h3*1-5,8-11H,(H,12,13);/q;;;+3/p-3/t3*2-,3+,4+,5-;/m000./s1. The molecule has 0 aromatic heterocycles. The van der Waals surface area contributed by atoms with Gasteiger partial charge in [-0.25, -0.2) is 0 Å². The molecule has 0 fully saturated rings. The van der Waals surface area contributed by atoms with Crippen LogP contribution in [-0.2, 0) is 37.2 Å². The Labute approximate surface area is 231 Å². The second-order valence-electron chi connectivity index (χ2n) is 7.61. The van der Waals surface area contributed by atoms with Crippen LogP contribution >= 0.6 is 0 Å². The van der Waals surface area contributed by atoms with E-state index in [2.05, 4.69) is 8.44 Å². The van der Waals surface area contributed by atoms with Crippen LogP contribution in [0.1, 0.15) is 0 Å². The molecule has 12 N–H and O–H groups in total. The third-order valence-corrected chi connectivity index (χ3v) is 8.54. The first-order valence-corrected chi connectivity index (χ1v) is 14.7. The van der Waals surface area contributed by atoms with Crippen LogP contribution in [0, 0.1) is 0 Å². The topological polar surface area (TPSA) is 373 Å². The summed E-state index contributed by atoms with van der Waals surface area (Å²) in [4.78, 5) is 68.0. The van der Waals surface area contributed by atoms with E-state index in [0.29, 0.717) is 0 Å². The Balaban J connectivity index is 5.91. The Morgan fingerprint density at radius 3 is 0.800 bits per heavy atom. The minimum absolute atomic E-state index is 0.303. The molecule has 0 aliphatic heterocycles. The van der Waals surface area contributed by atoms with Crippen LogP contribution in [0.25, 0.3) is 0 Å². The van der Waals surface area contributed by atoms with Crippen molar-refractivity contribution in [2.45, 2.75) is 73.2 Å². The average molecular weight is 788 g/mol. The summed E-state index contributed by atoms with van der Waals surface area (Å²) in [5.41, 5.74) is 0. The Bertz CT molecular complexity index is 761. The molecule has 0 aromatic rings. The fourth-order valence-electron chi connectivity index (χ4n) is 2.26. The van der Waals surface area contributed by atoms with Crippen molar-refractivity contribution >= 4 is 59.8 Å². The first-order chi connectivity index (χ1) is 18.5. The fourth-order valence-corrected chi connectivity index (χ4v) is 5.67. The molecule has 0 saturated heterocycles. The molecule has 0 aromatic carbocycles. The Morgan fingerprint density at radius 2 is 0.625 bits per heavy atom. The third-order valence-electron chi connectivity index (χ3n) is 4.71. The second-order valence-corrected chi connectivity index (χ2v) is 11.5. The summed E-state index contributed by atoms with van der Waals surface area (Å²) >= 11 is -5.70. The number of carbonyl (C=O) groups is 6. The van der Waals surface area contributed by atoms with Crippen molar-refractivity contribution in [2.24, 2.45) is 0 Å². The summed E-state index contributed by atoms with van der Waals surface area (Å²) in [5.74, 6) is -6.25. The summed E-state index contributed by atoms with van der Waals surface area (Å²) in [5, 5.41) is 115. The van der Waals surface area contributed by atoms with E-state index < -0.39 is 114 Å². The predicted octanol–water partition coefficient (Wildman–Crippen LogP) is -10.5. The first kappa shape index (κ1) is 37.8. The van der Waals surface area contributed by atoms with Gasteiger partial charge < -0.3 is 0 Å². The van der Waals surface area contributed by atoms with E-state index in [0.717, 1.165) is 0 Å². The zero-order valence-electron chi connectivity index (χ0n) is 19.6. The summed E-state index contributed by atoms with van der Waals surface area (Å²) in [6, 6.07) is 0. The molecule has 12 atom stereocenters. The molecule has 0 unspecified atom stereocenters. The van der Waals surface area contributed by atoms with E-state index >= 15 is 0 Å². The van der Waals surface area contributed by atoms with Crippen LogP contribution < -0.4 is 0 Å². The molecule has 0 rings (SSSR count). The van der Waals surface area contributed by atoms with E-state index in [1.807, 2.05) is 0 Å². The van der Waals surface area contributed by atoms with Crippen LogP contribution in [0.2, 0.25) is 0 Å². The molecule has 0 saturated carbocycles. The Hall–Kier alpha value is -2.18. The minimum atomic E-state index is -5.70. The number of hydrogen-bond acceptors (Lipinski definition) is 21. The van der Waals surface area contributed by atoms with E-state index in [1.54, 1.807) is 0 Å². The number of hydrogen-bond donors (Lipinski definition) is 12. The van der Waals surface area contributed by atoms with Gasteiger partial charge in [0, 0.05) is 0 Å². The van der Waals surface area contributed by atoms with Crippen molar-refractivity contribution in [1.29, 1.82) is 0 Å².